The number of carbonyl (C=O) groups excluding carboxylic acids is 1. The summed E-state index contributed by atoms with van der Waals surface area (Å²) in [6, 6.07) is 6.71. The molecule has 1 amide bonds. The van der Waals surface area contributed by atoms with Gasteiger partial charge >= 0.3 is 5.97 Å². The Morgan fingerprint density at radius 1 is 1.14 bits per heavy atom. The highest BCUT2D eigenvalue weighted by Gasteiger charge is 2.16. The van der Waals surface area contributed by atoms with Crippen molar-refractivity contribution in [2.75, 3.05) is 25.1 Å². The number of nitrogens with one attached hydrogen (secondary N) is 4. The molecule has 1 atom stereocenters. The van der Waals surface area contributed by atoms with Gasteiger partial charge in [-0.2, -0.15) is 0 Å². The molecule has 156 valence electrons. The van der Waals surface area contributed by atoms with Gasteiger partial charge in [-0.15, -0.1) is 0 Å². The van der Waals surface area contributed by atoms with Gasteiger partial charge < -0.3 is 26.4 Å². The maximum atomic E-state index is 11.1. The SMILES string of the molecule is CC=C(CCCCNCNCCC)Nc1ccc(CC(NC=O)C(=O)O)cc1. The predicted molar refractivity (Wildman–Crippen MR) is 113 cm³/mol. The Morgan fingerprint density at radius 3 is 2.46 bits per heavy atom. The van der Waals surface area contributed by atoms with Crippen LogP contribution in [0.3, 0.4) is 0 Å². The summed E-state index contributed by atoms with van der Waals surface area (Å²) in [6.45, 7) is 7.08. The number of rotatable bonds is 16. The second kappa shape index (κ2) is 14.6. The number of benzene rings is 1. The highest BCUT2D eigenvalue weighted by atomic mass is 16.4. The van der Waals surface area contributed by atoms with E-state index in [4.69, 9.17) is 5.11 Å². The molecular formula is C21H34N4O3. The van der Waals surface area contributed by atoms with Gasteiger partial charge in [0.25, 0.3) is 0 Å². The summed E-state index contributed by atoms with van der Waals surface area (Å²) in [7, 11) is 0. The van der Waals surface area contributed by atoms with Gasteiger partial charge in [0.15, 0.2) is 0 Å². The van der Waals surface area contributed by atoms with Crippen LogP contribution in [0, 0.1) is 0 Å². The lowest BCUT2D eigenvalue weighted by Gasteiger charge is -2.13. The summed E-state index contributed by atoms with van der Waals surface area (Å²) >= 11 is 0. The maximum absolute atomic E-state index is 11.1. The molecule has 1 rings (SSSR count). The van der Waals surface area contributed by atoms with Gasteiger partial charge in [0, 0.05) is 24.5 Å². The molecule has 0 radical (unpaired) electrons. The molecule has 1 aromatic carbocycles. The number of hydrogen-bond donors (Lipinski definition) is 5. The number of unbranched alkanes of at least 4 members (excludes halogenated alkanes) is 1. The maximum Gasteiger partial charge on any atom is 0.326 e. The first-order chi connectivity index (χ1) is 13.6. The summed E-state index contributed by atoms with van der Waals surface area (Å²) in [4.78, 5) is 21.6. The molecule has 28 heavy (non-hydrogen) atoms. The van der Waals surface area contributed by atoms with Crippen LogP contribution in [0.5, 0.6) is 0 Å². The van der Waals surface area contributed by atoms with Gasteiger partial charge in [-0.3, -0.25) is 4.79 Å². The van der Waals surface area contributed by atoms with Crippen LogP contribution in [-0.4, -0.2) is 43.3 Å². The largest absolute Gasteiger partial charge is 0.480 e. The van der Waals surface area contributed by atoms with Crippen LogP contribution < -0.4 is 21.3 Å². The molecule has 0 aliphatic carbocycles. The van der Waals surface area contributed by atoms with E-state index in [1.807, 2.05) is 31.2 Å². The number of amides is 1. The van der Waals surface area contributed by atoms with Crippen molar-refractivity contribution in [2.24, 2.45) is 0 Å². The molecule has 0 fully saturated rings. The first-order valence-corrected chi connectivity index (χ1v) is 9.95. The Hall–Kier alpha value is -2.38. The molecule has 5 N–H and O–H groups in total. The number of hydrogen-bond acceptors (Lipinski definition) is 5. The molecule has 0 saturated heterocycles. The molecule has 0 bridgehead atoms. The smallest absolute Gasteiger partial charge is 0.326 e. The molecule has 0 spiro atoms. The zero-order chi connectivity index (χ0) is 20.6. The second-order valence-corrected chi connectivity index (χ2v) is 6.65. The summed E-state index contributed by atoms with van der Waals surface area (Å²) in [5, 5.41) is 21.5. The Morgan fingerprint density at radius 2 is 1.86 bits per heavy atom. The van der Waals surface area contributed by atoms with Crippen LogP contribution in [0.4, 0.5) is 5.69 Å². The van der Waals surface area contributed by atoms with Crippen LogP contribution in [0.1, 0.15) is 45.1 Å². The third kappa shape index (κ3) is 10.1. The summed E-state index contributed by atoms with van der Waals surface area (Å²) in [5.41, 5.74) is 2.99. The van der Waals surface area contributed by atoms with Crippen molar-refractivity contribution in [2.45, 2.75) is 52.0 Å². The first-order valence-electron chi connectivity index (χ1n) is 9.95. The third-order valence-electron chi connectivity index (χ3n) is 4.34. The van der Waals surface area contributed by atoms with Crippen molar-refractivity contribution in [3.05, 3.63) is 41.6 Å². The average Bonchev–Trinajstić information content (AvgIpc) is 2.69. The zero-order valence-electron chi connectivity index (χ0n) is 17.0. The lowest BCUT2D eigenvalue weighted by molar-refractivity contribution is -0.140. The number of carbonyl (C=O) groups is 2. The van der Waals surface area contributed by atoms with Gasteiger partial charge in [-0.05, 0) is 63.4 Å². The predicted octanol–water partition coefficient (Wildman–Crippen LogP) is 2.46. The lowest BCUT2D eigenvalue weighted by atomic mass is 10.1. The van der Waals surface area contributed by atoms with Crippen LogP contribution in [0.25, 0.3) is 0 Å². The highest BCUT2D eigenvalue weighted by molar-refractivity contribution is 5.76. The first kappa shape index (κ1) is 23.7. The fourth-order valence-corrected chi connectivity index (χ4v) is 2.73. The zero-order valence-corrected chi connectivity index (χ0v) is 17.0. The van der Waals surface area contributed by atoms with Gasteiger partial charge in [-0.25, -0.2) is 4.79 Å². The normalized spacial score (nSPS) is 12.4. The van der Waals surface area contributed by atoms with Crippen LogP contribution in [0.2, 0.25) is 0 Å². The topological polar surface area (TPSA) is 102 Å². The standard InChI is InChI=1S/C21H34N4O3/c1-3-12-22-15-23-13-6-5-7-18(4-2)25-19-10-8-17(9-11-19)14-20(21(27)28)24-16-26/h4,8-11,16,20,22-23,25H,3,5-7,12-15H2,1-2H3,(H,24,26)(H,27,28). The van der Waals surface area contributed by atoms with Crippen LogP contribution in [-0.2, 0) is 16.0 Å². The monoisotopic (exact) mass is 390 g/mol. The molecule has 0 heterocycles. The van der Waals surface area contributed by atoms with E-state index in [2.05, 4.69) is 34.3 Å². The number of anilines is 1. The van der Waals surface area contributed by atoms with Crippen molar-refractivity contribution >= 4 is 18.1 Å². The molecule has 7 nitrogen and oxygen atoms in total. The Labute approximate surface area is 168 Å². The second-order valence-electron chi connectivity index (χ2n) is 6.65. The Kier molecular flexibility index (Phi) is 12.4. The summed E-state index contributed by atoms with van der Waals surface area (Å²) < 4.78 is 0. The van der Waals surface area contributed by atoms with E-state index in [9.17, 15) is 9.59 Å². The molecule has 1 aromatic rings. The van der Waals surface area contributed by atoms with Crippen molar-refractivity contribution in [3.63, 3.8) is 0 Å². The minimum absolute atomic E-state index is 0.255. The summed E-state index contributed by atoms with van der Waals surface area (Å²) in [5.74, 6) is -1.04. The Balaban J connectivity index is 2.36. The van der Waals surface area contributed by atoms with E-state index in [0.29, 0.717) is 6.41 Å². The molecule has 0 aliphatic rings. The summed E-state index contributed by atoms with van der Waals surface area (Å²) in [6.07, 6.45) is 7.10. The van der Waals surface area contributed by atoms with E-state index in [1.165, 1.54) is 5.70 Å². The van der Waals surface area contributed by atoms with E-state index < -0.39 is 12.0 Å². The van der Waals surface area contributed by atoms with E-state index in [1.54, 1.807) is 0 Å². The van der Waals surface area contributed by atoms with Crippen molar-refractivity contribution < 1.29 is 14.7 Å². The fraction of sp³-hybridized carbons (Fsp3) is 0.524. The molecule has 0 aromatic heterocycles. The minimum Gasteiger partial charge on any atom is -0.480 e. The van der Waals surface area contributed by atoms with E-state index in [-0.39, 0.29) is 6.42 Å². The van der Waals surface area contributed by atoms with Crippen molar-refractivity contribution in [1.29, 1.82) is 0 Å². The molecule has 1 unspecified atom stereocenters. The third-order valence-corrected chi connectivity index (χ3v) is 4.34. The average molecular weight is 391 g/mol. The highest BCUT2D eigenvalue weighted by Crippen LogP contribution is 2.16. The van der Waals surface area contributed by atoms with Gasteiger partial charge in [0.05, 0.1) is 0 Å². The van der Waals surface area contributed by atoms with Crippen LogP contribution in [0.15, 0.2) is 36.0 Å². The van der Waals surface area contributed by atoms with Crippen LogP contribution >= 0.6 is 0 Å². The number of carboxylic acids is 1. The van der Waals surface area contributed by atoms with E-state index >= 15 is 0 Å². The van der Waals surface area contributed by atoms with Crippen molar-refractivity contribution in [3.8, 4) is 0 Å². The molecule has 7 heteroatoms. The number of allylic oxidation sites excluding steroid dienone is 2. The van der Waals surface area contributed by atoms with E-state index in [0.717, 1.165) is 56.7 Å². The van der Waals surface area contributed by atoms with Gasteiger partial charge in [0.1, 0.15) is 6.04 Å². The van der Waals surface area contributed by atoms with Crippen molar-refractivity contribution in [1.82, 2.24) is 16.0 Å². The minimum atomic E-state index is -1.04. The molecule has 0 aliphatic heterocycles. The van der Waals surface area contributed by atoms with Gasteiger partial charge in [-0.1, -0.05) is 25.1 Å². The van der Waals surface area contributed by atoms with Gasteiger partial charge in [0.2, 0.25) is 6.41 Å². The number of carboxylic acid groups (broad SMARTS) is 1. The number of aliphatic carboxylic acids is 1. The lowest BCUT2D eigenvalue weighted by Crippen LogP contribution is -2.37. The quantitative estimate of drug-likeness (QED) is 0.169. The molecule has 0 saturated carbocycles. The Bertz CT molecular complexity index is 602. The fourth-order valence-electron chi connectivity index (χ4n) is 2.73. The molecular weight excluding hydrogens is 356 g/mol.